The molecule has 694 valence electrons. The van der Waals surface area contributed by atoms with E-state index in [9.17, 15) is 81.1 Å². The molecule has 116 heavy (non-hydrogen) atoms. The first-order valence-corrected chi connectivity index (χ1v) is 53.8. The fourth-order valence-corrected chi connectivity index (χ4v) is 16.2. The van der Waals surface area contributed by atoms with Crippen LogP contribution >= 0.6 is 72.1 Å². The second-order valence-corrected chi connectivity index (χ2v) is 47.2. The van der Waals surface area contributed by atoms with E-state index in [1.165, 1.54) is 77.0 Å². The van der Waals surface area contributed by atoms with Crippen molar-refractivity contribution in [1.29, 1.82) is 0 Å². The third-order valence-electron chi connectivity index (χ3n) is 17.1. The van der Waals surface area contributed by atoms with E-state index in [2.05, 4.69) is 54.3 Å². The Morgan fingerprint density at radius 1 is 0.353 bits per heavy atom. The maximum atomic E-state index is 11.4. The molecule has 0 aromatic rings. The summed E-state index contributed by atoms with van der Waals surface area (Å²) in [6.07, 6.45) is 23.2. The number of unbranched alkanes of at least 4 members (excludes halogenated alkanes) is 14. The quantitative estimate of drug-likeness (QED) is 0.0180. The second kappa shape index (κ2) is 76.9. The Morgan fingerprint density at radius 3 is 0.698 bits per heavy atom. The van der Waals surface area contributed by atoms with Crippen molar-refractivity contribution in [3.63, 3.8) is 0 Å². The summed E-state index contributed by atoms with van der Waals surface area (Å²) in [7, 11) is -22.9. The van der Waals surface area contributed by atoms with Crippen LogP contribution in [0.25, 0.3) is 0 Å². The second-order valence-electron chi connectivity index (χ2n) is 30.0. The first-order chi connectivity index (χ1) is 51.3. The summed E-state index contributed by atoms with van der Waals surface area (Å²) < 4.78 is 87.3. The number of rotatable bonds is 56. The maximum absolute atomic E-state index is 11.4. The average molecular weight is 1880 g/mol. The van der Waals surface area contributed by atoms with E-state index >= 15 is 0 Å². The molecular formula is C69H161ClN7Na2O29P8+. The minimum Gasteiger partial charge on any atom is -0.776 e. The van der Waals surface area contributed by atoms with Gasteiger partial charge in [-0.25, -0.2) is 0 Å². The molecule has 17 N–H and O–H groups in total. The fourth-order valence-electron chi connectivity index (χ4n) is 9.18. The summed E-state index contributed by atoms with van der Waals surface area (Å²) in [6, 6.07) is 0. The molecule has 4 atom stereocenters. The summed E-state index contributed by atoms with van der Waals surface area (Å²) in [5.74, 6) is -0.711. The van der Waals surface area contributed by atoms with E-state index in [-0.39, 0.29) is 101 Å². The van der Waals surface area contributed by atoms with Crippen molar-refractivity contribution >= 4 is 88.9 Å². The van der Waals surface area contributed by atoms with Crippen LogP contribution in [0.15, 0.2) is 0 Å². The van der Waals surface area contributed by atoms with Crippen molar-refractivity contribution in [2.24, 2.45) is 0 Å². The van der Waals surface area contributed by atoms with Gasteiger partial charge in [0.25, 0.3) is 5.08 Å². The molecule has 47 heteroatoms. The number of nitrogens with zero attached hydrogens (tertiary/aromatic N) is 7. The molecule has 0 aliphatic heterocycles. The zero-order valence-electron chi connectivity index (χ0n) is 74.8. The first-order valence-electron chi connectivity index (χ1n) is 39.1. The van der Waals surface area contributed by atoms with Crippen molar-refractivity contribution in [3.8, 4) is 0 Å². The fraction of sp³-hybridized carbons (Fsp3) is 0.957. The van der Waals surface area contributed by atoms with Crippen molar-refractivity contribution in [3.05, 3.63) is 0 Å². The molecule has 0 radical (unpaired) electrons. The largest absolute Gasteiger partial charge is 1.00 e. The third kappa shape index (κ3) is 82.8. The van der Waals surface area contributed by atoms with E-state index in [1.807, 2.05) is 55.8 Å². The summed E-state index contributed by atoms with van der Waals surface area (Å²) in [6.45, 7) is 34.2. The normalized spacial score (nSPS) is 14.0. The van der Waals surface area contributed by atoms with E-state index < -0.39 is 107 Å². The zero-order valence-corrected chi connectivity index (χ0v) is 86.7. The number of carbonyl (C=O) groups excluding carboxylic acids is 2. The standard InChI is InChI=1S/C11H24NO2P.C11H25NO.C9H18ClNO.3C9H23NO7P2.C9H19NO2.C2H6OP.2Na.H2O/c1-5-6-7-9-12(2)10-8-11(13)15(3,4)14;1-5-6-7-9-12(4)10-8-11(2,3)13;1-3-4-5-7-11(2)8-6-9(10)12;3*1-3-4-5-7-10(2)8-6-9(11,18(12,13)14)19(15,16)17;1-3-4-5-7-10(2)8-6-9(11)12;1-4(2)3;;;/h5-10H2,1-4H3;13H,5-10H2,1-4H3;3-8H2,1-2H3;3*11H,3-8H2,1-2H3,(H2,12,13,14)(H2,15,16,17);3-8H2,1-2H3,(H,11,12);1-2H3;;;1H2/q;;;;;;;3*+1;/p-2. The van der Waals surface area contributed by atoms with Crippen LogP contribution in [0.4, 0.5) is 0 Å². The van der Waals surface area contributed by atoms with Gasteiger partial charge in [-0.05, 0) is 185 Å². The number of aliphatic hydroxyl groups is 4. The molecule has 0 spiro atoms. The van der Waals surface area contributed by atoms with Crippen molar-refractivity contribution in [2.75, 3.05) is 168 Å². The molecule has 0 fully saturated rings. The van der Waals surface area contributed by atoms with Gasteiger partial charge in [-0.2, -0.15) is 0 Å². The Hall–Kier alpha value is 1.85. The molecular weight excluding hydrogens is 1720 g/mol. The van der Waals surface area contributed by atoms with E-state index in [1.54, 1.807) is 62.5 Å². The number of halogens is 1. The topological polar surface area (TPSA) is 592 Å². The summed E-state index contributed by atoms with van der Waals surface area (Å²) >= 11 is 5.22. The number of carboxylic acid groups (broad SMARTS) is 1. The number of carbonyl (C=O) groups is 3. The average Bonchev–Trinajstić information content (AvgIpc) is 0.789. The van der Waals surface area contributed by atoms with Crippen molar-refractivity contribution in [1.82, 2.24) is 34.3 Å². The Morgan fingerprint density at radius 2 is 0.534 bits per heavy atom. The number of hydrogen-bond donors (Lipinski definition) is 15. The molecule has 0 saturated heterocycles. The van der Waals surface area contributed by atoms with Crippen LogP contribution in [0.3, 0.4) is 0 Å². The molecule has 0 saturated carbocycles. The zero-order chi connectivity index (χ0) is 90.5. The van der Waals surface area contributed by atoms with Gasteiger partial charge in [-0.3, -0.25) is 32.6 Å². The van der Waals surface area contributed by atoms with Gasteiger partial charge in [0.15, 0.2) is 20.7 Å². The number of carboxylic acids is 1. The van der Waals surface area contributed by atoms with Gasteiger partial charge in [-0.15, -0.1) is 0 Å². The van der Waals surface area contributed by atoms with Crippen molar-refractivity contribution in [2.45, 2.75) is 263 Å². The van der Waals surface area contributed by atoms with Crippen LogP contribution in [0.2, 0.25) is 0 Å². The van der Waals surface area contributed by atoms with Gasteiger partial charge in [0.05, 0.1) is 12.0 Å². The van der Waals surface area contributed by atoms with Gasteiger partial charge in [0.1, 0.15) is 20.5 Å². The SMILES string of the molecule is CCCCCN(C)CCC(=O)Cl.CCCCCN(C)CCC(=O)O.CCCCCN(C)CCC(=O)P(C)(C)=O.CCCCCN(C)CCC(C)(C)O.CCCCCN(C)CCC(O)(P(=O)(O)O)P(=O)(O)O.CCCCCN(C)CCC(O)(P(=O)([O-])O)P(=O)(O)O.CCCCCN(C)CCC(O)(P(=O)([O-])O)P(=O)(O)O.C[P+](C)=O.O.[Na+].[Na+]. The van der Waals surface area contributed by atoms with E-state index in [4.69, 9.17) is 65.6 Å². The minimum absolute atomic E-state index is 0. The van der Waals surface area contributed by atoms with Crippen molar-refractivity contribution < 1.29 is 200 Å². The Kier molecular flexibility index (Phi) is 93.4. The Labute approximate surface area is 747 Å². The molecule has 0 amide bonds. The molecule has 0 aliphatic carbocycles. The van der Waals surface area contributed by atoms with Crippen LogP contribution in [0.5, 0.6) is 0 Å². The molecule has 0 heterocycles. The van der Waals surface area contributed by atoms with Gasteiger partial charge in [0, 0.05) is 77.9 Å². The van der Waals surface area contributed by atoms with Crippen LogP contribution in [-0.4, -0.2) is 319 Å². The molecule has 0 bridgehead atoms. The van der Waals surface area contributed by atoms with Crippen LogP contribution in [0.1, 0.15) is 242 Å². The Balaban J connectivity index is -0.000000123. The van der Waals surface area contributed by atoms with Crippen LogP contribution in [-0.2, 0) is 50.9 Å². The van der Waals surface area contributed by atoms with Gasteiger partial charge >= 0.3 is 103 Å². The predicted molar refractivity (Wildman–Crippen MR) is 456 cm³/mol. The first kappa shape index (κ1) is 141. The summed E-state index contributed by atoms with van der Waals surface area (Å²) in [4.78, 5) is 157. The molecule has 0 rings (SSSR count). The Bertz CT molecular complexity index is 2520. The van der Waals surface area contributed by atoms with Crippen LogP contribution in [0, 0.1) is 0 Å². The number of hydrogen-bond acceptors (Lipinski definition) is 24. The molecule has 0 aromatic carbocycles. The van der Waals surface area contributed by atoms with Gasteiger partial charge in [0.2, 0.25) is 15.4 Å². The predicted octanol–water partition coefficient (Wildman–Crippen LogP) is 3.26. The number of aliphatic carboxylic acids is 1. The van der Waals surface area contributed by atoms with Crippen LogP contribution < -0.4 is 68.9 Å². The van der Waals surface area contributed by atoms with Gasteiger partial charge < -0.3 is 138 Å². The molecule has 0 aliphatic rings. The molecule has 36 nitrogen and oxygen atoms in total. The summed E-state index contributed by atoms with van der Waals surface area (Å²) in [5, 5.41) is 36.4. The molecule has 4 unspecified atom stereocenters. The molecule has 0 aromatic heterocycles. The minimum atomic E-state index is -5.58. The smallest absolute Gasteiger partial charge is 0.776 e. The van der Waals surface area contributed by atoms with Gasteiger partial charge in [-0.1, -0.05) is 143 Å². The monoisotopic (exact) mass is 1880 g/mol. The van der Waals surface area contributed by atoms with E-state index in [0.29, 0.717) is 39.0 Å². The summed E-state index contributed by atoms with van der Waals surface area (Å²) in [5.41, 5.74) is -0.594. The maximum Gasteiger partial charge on any atom is 1.00 e. The van der Waals surface area contributed by atoms with E-state index in [0.717, 1.165) is 110 Å². The third-order valence-corrected chi connectivity index (χ3v) is 30.2.